The van der Waals surface area contributed by atoms with Crippen LogP contribution in [0.2, 0.25) is 10.0 Å². The van der Waals surface area contributed by atoms with Crippen molar-refractivity contribution in [3.63, 3.8) is 0 Å². The van der Waals surface area contributed by atoms with Gasteiger partial charge in [0, 0.05) is 36.2 Å². The number of carbonyl (C=O) groups excluding carboxylic acids is 2. The fourth-order valence-electron chi connectivity index (χ4n) is 4.02. The maximum Gasteiger partial charge on any atom is 0.295 e. The number of Topliss-reactive ketones (excluding diaryl/α,β-unsaturated/α-hetero) is 1. The van der Waals surface area contributed by atoms with E-state index in [0.717, 1.165) is 13.1 Å². The van der Waals surface area contributed by atoms with Gasteiger partial charge in [-0.3, -0.25) is 14.5 Å². The minimum absolute atomic E-state index is 0.0114. The molecule has 0 bridgehead atoms. The Morgan fingerprint density at radius 2 is 1.66 bits per heavy atom. The van der Waals surface area contributed by atoms with Gasteiger partial charge in [0.1, 0.15) is 11.5 Å². The molecule has 9 heteroatoms. The van der Waals surface area contributed by atoms with Crippen molar-refractivity contribution in [1.82, 2.24) is 9.80 Å². The molecule has 2 aliphatic rings. The second-order valence-corrected chi connectivity index (χ2v) is 8.53. The van der Waals surface area contributed by atoms with Crippen LogP contribution in [0.4, 0.5) is 0 Å². The SMILES string of the molecule is O=C1C(=O)N(CCN2CCOCC2)[C@@H](c2ccc(Cl)cc2)C1=C(O)c1cc(Cl)ccc1O. The van der Waals surface area contributed by atoms with Gasteiger partial charge in [0.2, 0.25) is 0 Å². The van der Waals surface area contributed by atoms with Crippen LogP contribution in [0.3, 0.4) is 0 Å². The number of morpholine rings is 1. The molecule has 2 aliphatic heterocycles. The second-order valence-electron chi connectivity index (χ2n) is 7.66. The van der Waals surface area contributed by atoms with E-state index in [-0.39, 0.29) is 28.5 Å². The Bertz CT molecular complexity index is 1060. The average Bonchev–Trinajstić information content (AvgIpc) is 3.05. The summed E-state index contributed by atoms with van der Waals surface area (Å²) in [6.45, 7) is 3.57. The lowest BCUT2D eigenvalue weighted by atomic mass is 9.95. The summed E-state index contributed by atoms with van der Waals surface area (Å²) >= 11 is 12.1. The standard InChI is InChI=1S/C23H22Cl2N2O5/c24-15-3-1-14(2-4-15)20-19(21(29)17-13-16(25)5-6-18(17)28)22(30)23(31)27(20)8-7-26-9-11-32-12-10-26/h1-6,13,20,28-29H,7-12H2/t20-/m0/s1. The van der Waals surface area contributed by atoms with Crippen molar-refractivity contribution < 1.29 is 24.5 Å². The van der Waals surface area contributed by atoms with Crippen molar-refractivity contribution >= 4 is 40.7 Å². The zero-order valence-corrected chi connectivity index (χ0v) is 18.6. The maximum absolute atomic E-state index is 13.0. The summed E-state index contributed by atoms with van der Waals surface area (Å²) in [6, 6.07) is 10.1. The van der Waals surface area contributed by atoms with Gasteiger partial charge in [0.15, 0.2) is 0 Å². The van der Waals surface area contributed by atoms with E-state index in [1.807, 2.05) is 0 Å². The fraction of sp³-hybridized carbons (Fsp3) is 0.304. The smallest absolute Gasteiger partial charge is 0.295 e. The number of halogens is 2. The number of amides is 1. The van der Waals surface area contributed by atoms with Gasteiger partial charge in [-0.25, -0.2) is 0 Å². The molecule has 2 N–H and O–H groups in total. The molecule has 168 valence electrons. The van der Waals surface area contributed by atoms with E-state index >= 15 is 0 Å². The number of hydrogen-bond donors (Lipinski definition) is 2. The molecule has 0 aliphatic carbocycles. The van der Waals surface area contributed by atoms with Crippen LogP contribution in [0.15, 0.2) is 48.0 Å². The van der Waals surface area contributed by atoms with Crippen LogP contribution in [-0.4, -0.2) is 71.1 Å². The third-order valence-corrected chi connectivity index (χ3v) is 6.19. The highest BCUT2D eigenvalue weighted by Crippen LogP contribution is 2.41. The molecule has 0 unspecified atom stereocenters. The molecule has 0 aromatic heterocycles. The summed E-state index contributed by atoms with van der Waals surface area (Å²) in [4.78, 5) is 29.7. The van der Waals surface area contributed by atoms with Crippen molar-refractivity contribution in [2.75, 3.05) is 39.4 Å². The number of benzene rings is 2. The lowest BCUT2D eigenvalue weighted by Crippen LogP contribution is -2.42. The summed E-state index contributed by atoms with van der Waals surface area (Å²) < 4.78 is 5.37. The van der Waals surface area contributed by atoms with Crippen LogP contribution in [0.25, 0.3) is 5.76 Å². The Balaban J connectivity index is 1.76. The highest BCUT2D eigenvalue weighted by atomic mass is 35.5. The number of hydrogen-bond acceptors (Lipinski definition) is 6. The van der Waals surface area contributed by atoms with Gasteiger partial charge in [-0.2, -0.15) is 0 Å². The van der Waals surface area contributed by atoms with E-state index < -0.39 is 23.5 Å². The lowest BCUT2D eigenvalue weighted by molar-refractivity contribution is -0.140. The van der Waals surface area contributed by atoms with Crippen molar-refractivity contribution in [1.29, 1.82) is 0 Å². The van der Waals surface area contributed by atoms with E-state index in [1.54, 1.807) is 24.3 Å². The molecule has 1 amide bonds. The average molecular weight is 477 g/mol. The van der Waals surface area contributed by atoms with Crippen molar-refractivity contribution in [3.8, 4) is 5.75 Å². The van der Waals surface area contributed by atoms with Crippen molar-refractivity contribution in [2.24, 2.45) is 0 Å². The molecular formula is C23H22Cl2N2O5. The number of likely N-dealkylation sites (tertiary alicyclic amines) is 1. The molecular weight excluding hydrogens is 455 g/mol. The monoisotopic (exact) mass is 476 g/mol. The van der Waals surface area contributed by atoms with E-state index in [9.17, 15) is 19.8 Å². The van der Waals surface area contributed by atoms with E-state index in [2.05, 4.69) is 4.90 Å². The zero-order chi connectivity index (χ0) is 22.8. The summed E-state index contributed by atoms with van der Waals surface area (Å²) in [7, 11) is 0. The highest BCUT2D eigenvalue weighted by molar-refractivity contribution is 6.46. The highest BCUT2D eigenvalue weighted by Gasteiger charge is 2.46. The van der Waals surface area contributed by atoms with E-state index in [0.29, 0.717) is 30.3 Å². The summed E-state index contributed by atoms with van der Waals surface area (Å²) in [5.74, 6) is -2.25. The first-order chi connectivity index (χ1) is 15.4. The summed E-state index contributed by atoms with van der Waals surface area (Å²) in [5.41, 5.74) is 0.512. The summed E-state index contributed by atoms with van der Waals surface area (Å²) in [6.07, 6.45) is 0. The number of phenols is 1. The number of ketones is 1. The number of phenolic OH excluding ortho intramolecular Hbond substituents is 1. The molecule has 2 aromatic rings. The summed E-state index contributed by atoms with van der Waals surface area (Å²) in [5, 5.41) is 22.1. The first kappa shape index (κ1) is 22.6. The molecule has 2 heterocycles. The zero-order valence-electron chi connectivity index (χ0n) is 17.1. The van der Waals surface area contributed by atoms with Gasteiger partial charge >= 0.3 is 0 Å². The predicted octanol–water partition coefficient (Wildman–Crippen LogP) is 3.45. The van der Waals surface area contributed by atoms with Crippen LogP contribution < -0.4 is 0 Å². The lowest BCUT2D eigenvalue weighted by Gasteiger charge is -2.31. The first-order valence-corrected chi connectivity index (χ1v) is 11.0. The Kier molecular flexibility index (Phi) is 6.71. The Morgan fingerprint density at radius 3 is 2.34 bits per heavy atom. The number of ether oxygens (including phenoxy) is 1. The molecule has 2 aromatic carbocycles. The van der Waals surface area contributed by atoms with Crippen molar-refractivity contribution in [3.05, 3.63) is 69.2 Å². The molecule has 1 atom stereocenters. The third-order valence-electron chi connectivity index (χ3n) is 5.70. The third kappa shape index (κ3) is 4.47. The fourth-order valence-corrected chi connectivity index (χ4v) is 4.32. The number of aliphatic hydroxyl groups excluding tert-OH is 1. The number of nitrogens with zero attached hydrogens (tertiary/aromatic N) is 2. The van der Waals surface area contributed by atoms with Gasteiger partial charge in [-0.05, 0) is 35.9 Å². The number of rotatable bonds is 5. The van der Waals surface area contributed by atoms with Crippen LogP contribution in [-0.2, 0) is 14.3 Å². The second kappa shape index (κ2) is 9.50. The minimum Gasteiger partial charge on any atom is -0.507 e. The molecule has 32 heavy (non-hydrogen) atoms. The maximum atomic E-state index is 13.0. The van der Waals surface area contributed by atoms with Crippen molar-refractivity contribution in [2.45, 2.75) is 6.04 Å². The van der Waals surface area contributed by atoms with E-state index in [1.165, 1.54) is 23.1 Å². The number of aliphatic hydroxyl groups is 1. The van der Waals surface area contributed by atoms with Gasteiger partial charge < -0.3 is 19.8 Å². The van der Waals surface area contributed by atoms with Gasteiger partial charge in [-0.15, -0.1) is 0 Å². The van der Waals surface area contributed by atoms with Crippen LogP contribution in [0.1, 0.15) is 17.2 Å². The molecule has 0 radical (unpaired) electrons. The molecule has 4 rings (SSSR count). The van der Waals surface area contributed by atoms with Gasteiger partial charge in [0.25, 0.3) is 11.7 Å². The minimum atomic E-state index is -0.827. The molecule has 2 saturated heterocycles. The molecule has 0 spiro atoms. The molecule has 0 saturated carbocycles. The van der Waals surface area contributed by atoms with Crippen LogP contribution in [0, 0.1) is 0 Å². The number of carbonyl (C=O) groups is 2. The topological polar surface area (TPSA) is 90.3 Å². The quantitative estimate of drug-likeness (QED) is 0.390. The van der Waals surface area contributed by atoms with Gasteiger partial charge in [0.05, 0.1) is 30.4 Å². The van der Waals surface area contributed by atoms with Crippen LogP contribution in [0.5, 0.6) is 5.75 Å². The Hall–Kier alpha value is -2.58. The number of aromatic hydroxyl groups is 1. The largest absolute Gasteiger partial charge is 0.507 e. The Labute approximate surface area is 195 Å². The normalized spacial score (nSPS) is 21.3. The first-order valence-electron chi connectivity index (χ1n) is 10.2. The van der Waals surface area contributed by atoms with Crippen LogP contribution >= 0.6 is 23.2 Å². The molecule has 7 nitrogen and oxygen atoms in total. The van der Waals surface area contributed by atoms with Gasteiger partial charge in [-0.1, -0.05) is 35.3 Å². The Morgan fingerprint density at radius 1 is 1.00 bits per heavy atom. The van der Waals surface area contributed by atoms with E-state index in [4.69, 9.17) is 27.9 Å². The predicted molar refractivity (Wildman–Crippen MR) is 121 cm³/mol. The molecule has 2 fully saturated rings.